The van der Waals surface area contributed by atoms with Crippen molar-refractivity contribution in [1.82, 2.24) is 0 Å². The third-order valence-electron chi connectivity index (χ3n) is 0.584. The molecular weight excluding hydrogens is 222 g/mol. The quantitative estimate of drug-likeness (QED) is 0.520. The average Bonchev–Trinajstić information content (AvgIpc) is 1.84. The van der Waals surface area contributed by atoms with Gasteiger partial charge >= 0.3 is 16.4 Å². The Balaban J connectivity index is 0. The normalized spacial score (nSPS) is 11.0. The molecule has 0 aromatic carbocycles. The summed E-state index contributed by atoms with van der Waals surface area (Å²) in [7, 11) is -6.31. The molecule has 0 rings (SSSR count). The van der Waals surface area contributed by atoms with Crippen LogP contribution in [-0.4, -0.2) is 32.8 Å². The van der Waals surface area contributed by atoms with E-state index in [4.69, 9.17) is 19.6 Å². The zero-order chi connectivity index (χ0) is 10.9. The van der Waals surface area contributed by atoms with Crippen LogP contribution in [0, 0.1) is 0 Å². The van der Waals surface area contributed by atoms with Crippen molar-refractivity contribution in [2.24, 2.45) is 0 Å². The molecule has 7 nitrogen and oxygen atoms in total. The van der Waals surface area contributed by atoms with Gasteiger partial charge in [-0.2, -0.15) is 0 Å². The zero-order valence-electron chi connectivity index (χ0n) is 7.32. The fourth-order valence-corrected chi connectivity index (χ4v) is 1.09. The summed E-state index contributed by atoms with van der Waals surface area (Å²) in [5, 5.41) is 0. The molecule has 13 heavy (non-hydrogen) atoms. The lowest BCUT2D eigenvalue weighted by molar-refractivity contribution is 0.161. The maximum atomic E-state index is 10.5. The van der Waals surface area contributed by atoms with Crippen molar-refractivity contribution in [3.63, 3.8) is 0 Å². The number of hydrogen-bond donors (Lipinski definition) is 4. The molecule has 0 saturated carbocycles. The van der Waals surface area contributed by atoms with Crippen molar-refractivity contribution in [2.45, 2.75) is 13.8 Å². The van der Waals surface area contributed by atoms with E-state index in [2.05, 4.69) is 9.05 Å². The topological polar surface area (TPSA) is 116 Å². The van der Waals surface area contributed by atoms with Crippen LogP contribution >= 0.6 is 16.4 Å². The van der Waals surface area contributed by atoms with Gasteiger partial charge in [0, 0.05) is 0 Å². The number of rotatable bonds is 4. The average molecular weight is 236 g/mol. The van der Waals surface area contributed by atoms with Gasteiger partial charge in [0.2, 0.25) is 0 Å². The van der Waals surface area contributed by atoms with Crippen molar-refractivity contribution in [1.29, 1.82) is 0 Å². The van der Waals surface area contributed by atoms with Crippen LogP contribution in [0.15, 0.2) is 0 Å². The van der Waals surface area contributed by atoms with Crippen LogP contribution in [0.1, 0.15) is 13.8 Å². The lowest BCUT2D eigenvalue weighted by Gasteiger charge is -2.07. The smallest absolute Gasteiger partial charge is 0.328 e. The third kappa shape index (κ3) is 19.0. The summed E-state index contributed by atoms with van der Waals surface area (Å²) in [6.45, 7) is 3.63. The summed E-state index contributed by atoms with van der Waals surface area (Å²) in [4.78, 5) is 30.3. The van der Waals surface area contributed by atoms with Crippen molar-refractivity contribution >= 4 is 16.4 Å². The summed E-state index contributed by atoms with van der Waals surface area (Å²) in [6, 6.07) is 0. The van der Waals surface area contributed by atoms with E-state index in [1.807, 2.05) is 0 Å². The highest BCUT2D eigenvalue weighted by Gasteiger charge is 2.17. The van der Waals surface area contributed by atoms with Gasteiger partial charge in [0.05, 0.1) is 13.2 Å². The van der Waals surface area contributed by atoms with Gasteiger partial charge in [-0.15, -0.1) is 0 Å². The van der Waals surface area contributed by atoms with Gasteiger partial charge in [-0.1, -0.05) is 0 Å². The minimum Gasteiger partial charge on any atom is -0.328 e. The first-order valence-corrected chi connectivity index (χ1v) is 6.03. The van der Waals surface area contributed by atoms with Crippen molar-refractivity contribution in [2.75, 3.05) is 13.2 Å². The highest BCUT2D eigenvalue weighted by Crippen LogP contribution is 2.42. The monoisotopic (exact) mass is 236 g/mol. The summed E-state index contributed by atoms with van der Waals surface area (Å²) in [5.41, 5.74) is 0. The Morgan fingerprint density at radius 2 is 1.38 bits per heavy atom. The van der Waals surface area contributed by atoms with Gasteiger partial charge in [-0.25, -0.2) is 4.57 Å². The van der Waals surface area contributed by atoms with Crippen LogP contribution in [0.5, 0.6) is 0 Å². The molecule has 0 bridgehead atoms. The molecule has 0 aromatic rings. The summed E-state index contributed by atoms with van der Waals surface area (Å²) < 4.78 is 19.2. The third-order valence-corrected chi connectivity index (χ3v) is 1.75. The second-order valence-electron chi connectivity index (χ2n) is 1.57. The van der Waals surface area contributed by atoms with Gasteiger partial charge in [-0.3, -0.25) is 9.05 Å². The molecule has 0 unspecified atom stereocenters. The predicted octanol–water partition coefficient (Wildman–Crippen LogP) is 0.350. The molecule has 0 aliphatic rings. The van der Waals surface area contributed by atoms with E-state index in [1.54, 1.807) is 13.8 Å². The predicted molar refractivity (Wildman–Crippen MR) is 46.7 cm³/mol. The minimum atomic E-state index is -3.69. The van der Waals surface area contributed by atoms with E-state index in [0.717, 1.165) is 0 Å². The van der Waals surface area contributed by atoms with E-state index in [9.17, 15) is 4.57 Å². The maximum Gasteiger partial charge on any atom is 0.472 e. The first kappa shape index (κ1) is 15.9. The number of phosphoric acid groups is 1. The Labute approximate surface area is 77.6 Å². The SMILES string of the molecule is CCOP(=O)(O)OCC.OP(O)O. The standard InChI is InChI=1S/C4H11O4P.H3O3P/c1-3-7-9(5,6)8-4-2;1-4(2)3/h3-4H2,1-2H3,(H,5,6);1-3H. The molecule has 0 spiro atoms. The van der Waals surface area contributed by atoms with Crippen molar-refractivity contribution in [3.8, 4) is 0 Å². The van der Waals surface area contributed by atoms with Gasteiger partial charge in [-0.05, 0) is 13.8 Å². The molecule has 9 heteroatoms. The van der Waals surface area contributed by atoms with Crippen molar-refractivity contribution in [3.05, 3.63) is 0 Å². The minimum absolute atomic E-state index is 0.188. The number of phosphoric ester groups is 1. The molecule has 0 fully saturated rings. The van der Waals surface area contributed by atoms with Crippen LogP contribution < -0.4 is 0 Å². The molecule has 0 aromatic heterocycles. The molecule has 0 aliphatic heterocycles. The van der Waals surface area contributed by atoms with Gasteiger partial charge in [0.25, 0.3) is 0 Å². The van der Waals surface area contributed by atoms with Crippen LogP contribution in [0.25, 0.3) is 0 Å². The molecule has 0 saturated heterocycles. The van der Waals surface area contributed by atoms with Crippen LogP contribution in [0.2, 0.25) is 0 Å². The molecule has 82 valence electrons. The van der Waals surface area contributed by atoms with Crippen LogP contribution in [-0.2, 0) is 13.6 Å². The second-order valence-corrected chi connectivity index (χ2v) is 3.56. The van der Waals surface area contributed by atoms with Crippen LogP contribution in [0.3, 0.4) is 0 Å². The summed E-state index contributed by atoms with van der Waals surface area (Å²) in [6.07, 6.45) is 0. The van der Waals surface area contributed by atoms with E-state index in [0.29, 0.717) is 0 Å². The first-order valence-electron chi connectivity index (χ1n) is 3.34. The highest BCUT2D eigenvalue weighted by atomic mass is 31.2. The lowest BCUT2D eigenvalue weighted by atomic mass is 10.9. The Morgan fingerprint density at radius 1 is 1.15 bits per heavy atom. The Morgan fingerprint density at radius 3 is 1.54 bits per heavy atom. The first-order chi connectivity index (χ1) is 5.85. The molecule has 0 radical (unpaired) electrons. The Hall–Kier alpha value is 0.420. The van der Waals surface area contributed by atoms with Crippen molar-refractivity contribution < 1.29 is 33.2 Å². The van der Waals surface area contributed by atoms with Crippen LogP contribution in [0.4, 0.5) is 0 Å². The van der Waals surface area contributed by atoms with E-state index < -0.39 is 16.4 Å². The highest BCUT2D eigenvalue weighted by molar-refractivity contribution is 7.47. The van der Waals surface area contributed by atoms with Gasteiger partial charge < -0.3 is 19.6 Å². The van der Waals surface area contributed by atoms with Gasteiger partial charge in [0.15, 0.2) is 0 Å². The lowest BCUT2D eigenvalue weighted by Crippen LogP contribution is -1.93. The molecular formula is C4H14O7P2. The van der Waals surface area contributed by atoms with E-state index in [-0.39, 0.29) is 13.2 Å². The molecule has 4 N–H and O–H groups in total. The second kappa shape index (κ2) is 8.99. The van der Waals surface area contributed by atoms with Gasteiger partial charge in [0.1, 0.15) is 0 Å². The molecule has 0 amide bonds. The summed E-state index contributed by atoms with van der Waals surface area (Å²) in [5.74, 6) is 0. The molecule has 0 heterocycles. The van der Waals surface area contributed by atoms with E-state index in [1.165, 1.54) is 0 Å². The fourth-order valence-electron chi connectivity index (χ4n) is 0.364. The molecule has 0 aliphatic carbocycles. The summed E-state index contributed by atoms with van der Waals surface area (Å²) >= 11 is 0. The largest absolute Gasteiger partial charge is 0.472 e. The Kier molecular flexibility index (Phi) is 11.0. The zero-order valence-corrected chi connectivity index (χ0v) is 9.11. The Bertz CT molecular complexity index is 137. The molecule has 0 atom stereocenters. The van der Waals surface area contributed by atoms with E-state index >= 15 is 0 Å². The fraction of sp³-hybridized carbons (Fsp3) is 1.00. The maximum absolute atomic E-state index is 10.5. The number of hydrogen-bond acceptors (Lipinski definition) is 6.